The van der Waals surface area contributed by atoms with Crippen LogP contribution in [0.25, 0.3) is 0 Å². The van der Waals surface area contributed by atoms with E-state index in [1.54, 1.807) is 17.6 Å². The zero-order valence-electron chi connectivity index (χ0n) is 10.00. The molecule has 0 amide bonds. The number of hydrogen-bond donors (Lipinski definition) is 1. The smallest absolute Gasteiger partial charge is 0.123 e. The highest BCUT2D eigenvalue weighted by Crippen LogP contribution is 2.28. The van der Waals surface area contributed by atoms with Crippen LogP contribution in [-0.4, -0.2) is 6.54 Å². The first-order valence-electron chi connectivity index (χ1n) is 5.72. The summed E-state index contributed by atoms with van der Waals surface area (Å²) in [7, 11) is 0. The van der Waals surface area contributed by atoms with Gasteiger partial charge < -0.3 is 9.73 Å². The molecule has 2 aromatic rings. The van der Waals surface area contributed by atoms with Crippen molar-refractivity contribution in [2.75, 3.05) is 6.54 Å². The SMILES string of the molecule is CCNC(Cc1ccc(Br)s1)c1occc1C. The average molecular weight is 314 g/mol. The minimum Gasteiger partial charge on any atom is -0.467 e. The standard InChI is InChI=1S/C13H16BrNOS/c1-3-15-11(13-9(2)6-7-16-13)8-10-4-5-12(14)17-10/h4-7,11,15H,3,8H2,1-2H3. The van der Waals surface area contributed by atoms with Crippen LogP contribution in [0.15, 0.2) is 32.7 Å². The number of rotatable bonds is 5. The molecule has 0 aromatic carbocycles. The molecular formula is C13H16BrNOS. The molecule has 1 N–H and O–H groups in total. The van der Waals surface area contributed by atoms with Gasteiger partial charge in [-0.25, -0.2) is 0 Å². The summed E-state index contributed by atoms with van der Waals surface area (Å²) in [6.07, 6.45) is 2.73. The maximum absolute atomic E-state index is 5.59. The van der Waals surface area contributed by atoms with E-state index in [2.05, 4.69) is 47.2 Å². The van der Waals surface area contributed by atoms with Crippen LogP contribution in [0.3, 0.4) is 0 Å². The Morgan fingerprint density at radius 1 is 1.41 bits per heavy atom. The quantitative estimate of drug-likeness (QED) is 0.890. The van der Waals surface area contributed by atoms with Gasteiger partial charge in [0, 0.05) is 11.3 Å². The normalized spacial score (nSPS) is 12.9. The summed E-state index contributed by atoms with van der Waals surface area (Å²) < 4.78 is 6.77. The van der Waals surface area contributed by atoms with Crippen molar-refractivity contribution in [3.05, 3.63) is 44.4 Å². The lowest BCUT2D eigenvalue weighted by Crippen LogP contribution is -2.22. The van der Waals surface area contributed by atoms with Gasteiger partial charge >= 0.3 is 0 Å². The zero-order valence-corrected chi connectivity index (χ0v) is 12.4. The summed E-state index contributed by atoms with van der Waals surface area (Å²) in [4.78, 5) is 1.36. The number of aryl methyl sites for hydroxylation is 1. The van der Waals surface area contributed by atoms with E-state index in [0.717, 1.165) is 18.7 Å². The number of halogens is 1. The van der Waals surface area contributed by atoms with Crippen LogP contribution in [0.1, 0.15) is 29.2 Å². The third-order valence-electron chi connectivity index (χ3n) is 2.70. The van der Waals surface area contributed by atoms with E-state index in [0.29, 0.717) is 0 Å². The van der Waals surface area contributed by atoms with Gasteiger partial charge in [-0.05, 0) is 53.2 Å². The van der Waals surface area contributed by atoms with Gasteiger partial charge in [0.15, 0.2) is 0 Å². The van der Waals surface area contributed by atoms with Crippen LogP contribution in [0, 0.1) is 6.92 Å². The Morgan fingerprint density at radius 3 is 2.76 bits per heavy atom. The molecule has 0 bridgehead atoms. The monoisotopic (exact) mass is 313 g/mol. The van der Waals surface area contributed by atoms with Crippen LogP contribution in [0.5, 0.6) is 0 Å². The number of thiophene rings is 1. The summed E-state index contributed by atoms with van der Waals surface area (Å²) in [5, 5.41) is 3.48. The van der Waals surface area contributed by atoms with Crippen molar-refractivity contribution in [3.63, 3.8) is 0 Å². The lowest BCUT2D eigenvalue weighted by atomic mass is 10.1. The van der Waals surface area contributed by atoms with Crippen LogP contribution in [0.4, 0.5) is 0 Å². The first-order chi connectivity index (χ1) is 8.20. The van der Waals surface area contributed by atoms with Gasteiger partial charge in [0.05, 0.1) is 16.1 Å². The van der Waals surface area contributed by atoms with Crippen molar-refractivity contribution in [3.8, 4) is 0 Å². The fraction of sp³-hybridized carbons (Fsp3) is 0.385. The molecule has 0 radical (unpaired) electrons. The maximum atomic E-state index is 5.59. The highest BCUT2D eigenvalue weighted by Gasteiger charge is 2.17. The lowest BCUT2D eigenvalue weighted by Gasteiger charge is -2.15. The van der Waals surface area contributed by atoms with Crippen molar-refractivity contribution in [2.24, 2.45) is 0 Å². The van der Waals surface area contributed by atoms with Crippen LogP contribution in [-0.2, 0) is 6.42 Å². The highest BCUT2D eigenvalue weighted by atomic mass is 79.9. The Balaban J connectivity index is 2.15. The van der Waals surface area contributed by atoms with Gasteiger partial charge in [0.2, 0.25) is 0 Å². The highest BCUT2D eigenvalue weighted by molar-refractivity contribution is 9.11. The third-order valence-corrected chi connectivity index (χ3v) is 4.35. The summed E-state index contributed by atoms with van der Waals surface area (Å²) in [5.74, 6) is 1.05. The molecule has 0 fully saturated rings. The molecule has 0 aliphatic heterocycles. The molecule has 2 aromatic heterocycles. The van der Waals surface area contributed by atoms with E-state index in [9.17, 15) is 0 Å². The Bertz CT molecular complexity index is 477. The van der Waals surface area contributed by atoms with Gasteiger partial charge in [-0.15, -0.1) is 11.3 Å². The first kappa shape index (κ1) is 12.9. The Morgan fingerprint density at radius 2 is 2.24 bits per heavy atom. The van der Waals surface area contributed by atoms with Gasteiger partial charge in [-0.3, -0.25) is 0 Å². The van der Waals surface area contributed by atoms with Gasteiger partial charge in [-0.1, -0.05) is 6.92 Å². The van der Waals surface area contributed by atoms with Crippen molar-refractivity contribution >= 4 is 27.3 Å². The van der Waals surface area contributed by atoms with E-state index in [1.807, 2.05) is 6.07 Å². The molecule has 0 aliphatic carbocycles. The topological polar surface area (TPSA) is 25.2 Å². The van der Waals surface area contributed by atoms with Gasteiger partial charge in [0.1, 0.15) is 5.76 Å². The van der Waals surface area contributed by atoms with Crippen LogP contribution in [0.2, 0.25) is 0 Å². The molecule has 0 spiro atoms. The number of nitrogens with one attached hydrogen (secondary N) is 1. The summed E-state index contributed by atoms with van der Waals surface area (Å²) in [6, 6.07) is 6.54. The second-order valence-electron chi connectivity index (χ2n) is 3.99. The van der Waals surface area contributed by atoms with Crippen molar-refractivity contribution < 1.29 is 4.42 Å². The molecule has 2 nitrogen and oxygen atoms in total. The van der Waals surface area contributed by atoms with Crippen LogP contribution >= 0.6 is 27.3 Å². The molecule has 2 heterocycles. The lowest BCUT2D eigenvalue weighted by molar-refractivity contribution is 0.415. The molecule has 1 unspecified atom stereocenters. The predicted molar refractivity (Wildman–Crippen MR) is 75.6 cm³/mol. The largest absolute Gasteiger partial charge is 0.467 e. The van der Waals surface area contributed by atoms with E-state index >= 15 is 0 Å². The first-order valence-corrected chi connectivity index (χ1v) is 7.33. The van der Waals surface area contributed by atoms with E-state index in [1.165, 1.54) is 14.2 Å². The minimum atomic E-state index is 0.264. The van der Waals surface area contributed by atoms with Crippen molar-refractivity contribution in [2.45, 2.75) is 26.3 Å². The molecule has 2 rings (SSSR count). The van der Waals surface area contributed by atoms with Crippen molar-refractivity contribution in [1.82, 2.24) is 5.32 Å². The molecule has 0 aliphatic rings. The van der Waals surface area contributed by atoms with Gasteiger partial charge in [0.25, 0.3) is 0 Å². The Labute approximate surface area is 114 Å². The Kier molecular flexibility index (Phi) is 4.42. The summed E-state index contributed by atoms with van der Waals surface area (Å²) in [5.41, 5.74) is 1.21. The average Bonchev–Trinajstić information content (AvgIpc) is 2.87. The number of likely N-dealkylation sites (N-methyl/N-ethyl adjacent to an activating group) is 1. The van der Waals surface area contributed by atoms with E-state index in [-0.39, 0.29) is 6.04 Å². The maximum Gasteiger partial charge on any atom is 0.123 e. The van der Waals surface area contributed by atoms with E-state index in [4.69, 9.17) is 4.42 Å². The molecule has 0 saturated heterocycles. The Hall–Kier alpha value is -0.580. The molecule has 17 heavy (non-hydrogen) atoms. The molecular weight excluding hydrogens is 298 g/mol. The third kappa shape index (κ3) is 3.21. The summed E-state index contributed by atoms with van der Waals surface area (Å²) >= 11 is 5.28. The predicted octanol–water partition coefficient (Wildman–Crippen LogP) is 4.31. The zero-order chi connectivity index (χ0) is 12.3. The van der Waals surface area contributed by atoms with Crippen molar-refractivity contribution in [1.29, 1.82) is 0 Å². The minimum absolute atomic E-state index is 0.264. The molecule has 0 saturated carbocycles. The fourth-order valence-corrected chi connectivity index (χ4v) is 3.44. The second-order valence-corrected chi connectivity index (χ2v) is 6.54. The molecule has 92 valence electrons. The second kappa shape index (κ2) is 5.85. The fourth-order valence-electron chi connectivity index (χ4n) is 1.91. The summed E-state index contributed by atoms with van der Waals surface area (Å²) in [6.45, 7) is 5.15. The van der Waals surface area contributed by atoms with Crippen LogP contribution < -0.4 is 5.32 Å². The molecule has 4 heteroatoms. The van der Waals surface area contributed by atoms with Gasteiger partial charge in [-0.2, -0.15) is 0 Å². The molecule has 1 atom stereocenters. The number of furan rings is 1. The number of hydrogen-bond acceptors (Lipinski definition) is 3. The van der Waals surface area contributed by atoms with E-state index < -0.39 is 0 Å².